The van der Waals surface area contributed by atoms with Gasteiger partial charge in [0.05, 0.1) is 4.90 Å². The van der Waals surface area contributed by atoms with E-state index in [1.165, 1.54) is 4.31 Å². The summed E-state index contributed by atoms with van der Waals surface area (Å²) in [5.74, 6) is -0.225. The number of nitrogens with zero attached hydrogens (tertiary/aromatic N) is 1. The molecule has 0 aromatic heterocycles. The van der Waals surface area contributed by atoms with E-state index in [2.05, 4.69) is 5.32 Å². The molecule has 6 heteroatoms. The zero-order chi connectivity index (χ0) is 19.6. The lowest BCUT2D eigenvalue weighted by Crippen LogP contribution is -2.41. The number of hydrogen-bond donors (Lipinski definition) is 1. The predicted molar refractivity (Wildman–Crippen MR) is 111 cm³/mol. The molecular formula is C22H22N2O3S. The Morgan fingerprint density at radius 2 is 1.50 bits per heavy atom. The Morgan fingerprint density at radius 3 is 2.21 bits per heavy atom. The average Bonchev–Trinajstić information content (AvgIpc) is 2.74. The van der Waals surface area contributed by atoms with Gasteiger partial charge in [-0.2, -0.15) is 4.31 Å². The van der Waals surface area contributed by atoms with Gasteiger partial charge in [-0.25, -0.2) is 8.42 Å². The smallest absolute Gasteiger partial charge is 0.243 e. The van der Waals surface area contributed by atoms with Crippen LogP contribution in [-0.4, -0.2) is 31.7 Å². The minimum atomic E-state index is -3.56. The molecule has 4 rings (SSSR count). The SMILES string of the molecule is O=C(Nc1ccccc1)C1CCN(S(=O)(=O)c2ccc3ccccc3c2)CC1. The van der Waals surface area contributed by atoms with Crippen molar-refractivity contribution >= 4 is 32.4 Å². The highest BCUT2D eigenvalue weighted by molar-refractivity contribution is 7.89. The van der Waals surface area contributed by atoms with Crippen LogP contribution >= 0.6 is 0 Å². The molecule has 28 heavy (non-hydrogen) atoms. The van der Waals surface area contributed by atoms with Gasteiger partial charge in [-0.15, -0.1) is 0 Å². The third-order valence-corrected chi connectivity index (χ3v) is 7.12. The molecule has 1 N–H and O–H groups in total. The molecule has 3 aromatic rings. The molecule has 1 aliphatic rings. The summed E-state index contributed by atoms with van der Waals surface area (Å²) in [4.78, 5) is 12.8. The van der Waals surface area contributed by atoms with Crippen molar-refractivity contribution in [1.82, 2.24) is 4.31 Å². The van der Waals surface area contributed by atoms with Crippen LogP contribution in [0, 0.1) is 5.92 Å². The molecule has 144 valence electrons. The number of sulfonamides is 1. The maximum Gasteiger partial charge on any atom is 0.243 e. The second-order valence-corrected chi connectivity index (χ2v) is 8.98. The van der Waals surface area contributed by atoms with Crippen LogP contribution in [0.2, 0.25) is 0 Å². The first-order valence-electron chi connectivity index (χ1n) is 9.39. The summed E-state index contributed by atoms with van der Waals surface area (Å²) in [6, 6.07) is 22.2. The second kappa shape index (κ2) is 7.73. The Morgan fingerprint density at radius 1 is 0.857 bits per heavy atom. The van der Waals surface area contributed by atoms with Gasteiger partial charge in [0.2, 0.25) is 15.9 Å². The third kappa shape index (κ3) is 3.79. The summed E-state index contributed by atoms with van der Waals surface area (Å²) in [6.07, 6.45) is 1.04. The minimum absolute atomic E-state index is 0.0473. The molecule has 0 bridgehead atoms. The van der Waals surface area contributed by atoms with Crippen molar-refractivity contribution in [2.45, 2.75) is 17.7 Å². The van der Waals surface area contributed by atoms with Crippen molar-refractivity contribution in [3.63, 3.8) is 0 Å². The molecule has 0 radical (unpaired) electrons. The van der Waals surface area contributed by atoms with E-state index in [0.29, 0.717) is 30.8 Å². The Bertz CT molecular complexity index is 1090. The molecular weight excluding hydrogens is 372 g/mol. The molecule has 5 nitrogen and oxygen atoms in total. The average molecular weight is 394 g/mol. The highest BCUT2D eigenvalue weighted by Crippen LogP contribution is 2.27. The molecule has 3 aromatic carbocycles. The van der Waals surface area contributed by atoms with Gasteiger partial charge < -0.3 is 5.32 Å². The largest absolute Gasteiger partial charge is 0.326 e. The van der Waals surface area contributed by atoms with Gasteiger partial charge in [-0.05, 0) is 47.9 Å². The summed E-state index contributed by atoms with van der Waals surface area (Å²) in [5.41, 5.74) is 0.763. The Hall–Kier alpha value is -2.70. The number of rotatable bonds is 4. The predicted octanol–water partition coefficient (Wildman–Crippen LogP) is 3.88. The van der Waals surface area contributed by atoms with Crippen LogP contribution in [0.15, 0.2) is 77.7 Å². The number of benzene rings is 3. The number of amides is 1. The lowest BCUT2D eigenvalue weighted by molar-refractivity contribution is -0.120. The van der Waals surface area contributed by atoms with Crippen LogP contribution in [0.3, 0.4) is 0 Å². The first-order chi connectivity index (χ1) is 13.5. The van der Waals surface area contributed by atoms with Crippen LogP contribution in [0.1, 0.15) is 12.8 Å². The molecule has 1 fully saturated rings. The van der Waals surface area contributed by atoms with Crippen molar-refractivity contribution in [2.75, 3.05) is 18.4 Å². The molecule has 0 spiro atoms. The molecule has 1 saturated heterocycles. The van der Waals surface area contributed by atoms with Crippen LogP contribution < -0.4 is 5.32 Å². The van der Waals surface area contributed by atoms with Gasteiger partial charge in [0.15, 0.2) is 0 Å². The van der Waals surface area contributed by atoms with Crippen molar-refractivity contribution < 1.29 is 13.2 Å². The zero-order valence-corrected chi connectivity index (χ0v) is 16.2. The number of anilines is 1. The first-order valence-corrected chi connectivity index (χ1v) is 10.8. The van der Waals surface area contributed by atoms with Gasteiger partial charge >= 0.3 is 0 Å². The lowest BCUT2D eigenvalue weighted by Gasteiger charge is -2.30. The van der Waals surface area contributed by atoms with Crippen LogP contribution in [0.5, 0.6) is 0 Å². The van der Waals surface area contributed by atoms with Crippen LogP contribution in [0.25, 0.3) is 10.8 Å². The maximum absolute atomic E-state index is 13.0. The molecule has 0 atom stereocenters. The van der Waals surface area contributed by atoms with E-state index < -0.39 is 10.0 Å². The van der Waals surface area contributed by atoms with E-state index in [0.717, 1.165) is 16.5 Å². The Balaban J connectivity index is 1.44. The summed E-state index contributed by atoms with van der Waals surface area (Å²) in [6.45, 7) is 0.698. The quantitative estimate of drug-likeness (QED) is 0.730. The second-order valence-electron chi connectivity index (χ2n) is 7.04. The Kier molecular flexibility index (Phi) is 5.15. The van der Waals surface area contributed by atoms with E-state index in [4.69, 9.17) is 0 Å². The van der Waals surface area contributed by atoms with E-state index in [1.807, 2.05) is 60.7 Å². The zero-order valence-electron chi connectivity index (χ0n) is 15.4. The van der Waals surface area contributed by atoms with E-state index in [-0.39, 0.29) is 11.8 Å². The van der Waals surface area contributed by atoms with E-state index in [9.17, 15) is 13.2 Å². The number of nitrogens with one attached hydrogen (secondary N) is 1. The highest BCUT2D eigenvalue weighted by atomic mass is 32.2. The fraction of sp³-hybridized carbons (Fsp3) is 0.227. The fourth-order valence-corrected chi connectivity index (χ4v) is 5.11. The molecule has 1 aliphatic heterocycles. The topological polar surface area (TPSA) is 66.5 Å². The van der Waals surface area contributed by atoms with Gasteiger partial charge in [0.25, 0.3) is 0 Å². The molecule has 0 aliphatic carbocycles. The highest BCUT2D eigenvalue weighted by Gasteiger charge is 2.32. The van der Waals surface area contributed by atoms with Crippen LogP contribution in [0.4, 0.5) is 5.69 Å². The number of piperidine rings is 1. The summed E-state index contributed by atoms with van der Waals surface area (Å²) in [7, 11) is -3.56. The molecule has 0 unspecified atom stereocenters. The maximum atomic E-state index is 13.0. The van der Waals surface area contributed by atoms with E-state index in [1.54, 1.807) is 12.1 Å². The summed E-state index contributed by atoms with van der Waals surface area (Å²) >= 11 is 0. The molecule has 0 saturated carbocycles. The normalized spacial score (nSPS) is 16.1. The summed E-state index contributed by atoms with van der Waals surface area (Å²) in [5, 5.41) is 4.83. The molecule has 1 amide bonds. The summed E-state index contributed by atoms with van der Waals surface area (Å²) < 4.78 is 27.5. The standard InChI is InChI=1S/C22H22N2O3S/c25-22(23-20-8-2-1-3-9-20)18-12-14-24(15-13-18)28(26,27)21-11-10-17-6-4-5-7-19(17)16-21/h1-11,16,18H,12-15H2,(H,23,25). The monoisotopic (exact) mass is 394 g/mol. The van der Waals surface area contributed by atoms with Gasteiger partial charge in [-0.3, -0.25) is 4.79 Å². The van der Waals surface area contributed by atoms with Crippen molar-refractivity contribution in [2.24, 2.45) is 5.92 Å². The fourth-order valence-electron chi connectivity index (χ4n) is 3.60. The number of carbonyl (C=O) groups excluding carboxylic acids is 1. The number of fused-ring (bicyclic) bond motifs is 1. The van der Waals surface area contributed by atoms with Crippen LogP contribution in [-0.2, 0) is 14.8 Å². The van der Waals surface area contributed by atoms with Gasteiger partial charge in [-0.1, -0.05) is 48.5 Å². The number of carbonyl (C=O) groups is 1. The van der Waals surface area contributed by atoms with Gasteiger partial charge in [0, 0.05) is 24.7 Å². The first kappa shape index (κ1) is 18.7. The van der Waals surface area contributed by atoms with Crippen molar-refractivity contribution in [3.05, 3.63) is 72.8 Å². The minimum Gasteiger partial charge on any atom is -0.326 e. The third-order valence-electron chi connectivity index (χ3n) is 5.22. The number of para-hydroxylation sites is 1. The van der Waals surface area contributed by atoms with Crippen molar-refractivity contribution in [3.8, 4) is 0 Å². The van der Waals surface area contributed by atoms with E-state index >= 15 is 0 Å². The van der Waals surface area contributed by atoms with Crippen molar-refractivity contribution in [1.29, 1.82) is 0 Å². The van der Waals surface area contributed by atoms with Gasteiger partial charge in [0.1, 0.15) is 0 Å². The Labute approximate surface area is 165 Å². The number of hydrogen-bond acceptors (Lipinski definition) is 3. The molecule has 1 heterocycles. The lowest BCUT2D eigenvalue weighted by atomic mass is 9.97.